The normalized spacial score (nSPS) is 10.5. The van der Waals surface area contributed by atoms with Gasteiger partial charge in [-0.2, -0.15) is 0 Å². The first kappa shape index (κ1) is 15.4. The zero-order chi connectivity index (χ0) is 14.4. The fourth-order valence-electron chi connectivity index (χ4n) is 1.43. The summed E-state index contributed by atoms with van der Waals surface area (Å²) in [5.41, 5.74) is 0.270. The summed E-state index contributed by atoms with van der Waals surface area (Å²) >= 11 is 5.75. The van der Waals surface area contributed by atoms with Gasteiger partial charge in [0.2, 0.25) is 5.91 Å². The molecule has 0 aromatic heterocycles. The summed E-state index contributed by atoms with van der Waals surface area (Å²) in [4.78, 5) is 21.6. The number of carbonyl (C=O) groups excluding carboxylic acids is 1. The van der Waals surface area contributed by atoms with E-state index in [1.807, 2.05) is 13.8 Å². The van der Waals surface area contributed by atoms with E-state index in [9.17, 15) is 14.9 Å². The molecule has 0 saturated carbocycles. The Kier molecular flexibility index (Phi) is 5.72. The van der Waals surface area contributed by atoms with Crippen molar-refractivity contribution >= 4 is 28.9 Å². The summed E-state index contributed by atoms with van der Waals surface area (Å²) in [6.45, 7) is 4.56. The number of nitrogens with zero attached hydrogens (tertiary/aromatic N) is 1. The van der Waals surface area contributed by atoms with Crippen molar-refractivity contribution in [1.29, 1.82) is 0 Å². The number of halogens is 1. The van der Waals surface area contributed by atoms with Gasteiger partial charge in [0.05, 0.1) is 4.92 Å². The Morgan fingerprint density at radius 3 is 2.68 bits per heavy atom. The van der Waals surface area contributed by atoms with Crippen LogP contribution < -0.4 is 10.6 Å². The van der Waals surface area contributed by atoms with Gasteiger partial charge in [-0.05, 0) is 12.1 Å². The second kappa shape index (κ2) is 7.06. The fourth-order valence-corrected chi connectivity index (χ4v) is 1.68. The third-order valence-corrected chi connectivity index (χ3v) is 2.64. The molecule has 104 valence electrons. The van der Waals surface area contributed by atoms with Crippen LogP contribution in [0, 0.1) is 10.1 Å². The largest absolute Gasteiger partial charge is 0.326 e. The van der Waals surface area contributed by atoms with Crippen molar-refractivity contribution in [1.82, 2.24) is 5.32 Å². The number of anilines is 1. The molecular formula is C12H16ClN3O3. The van der Waals surface area contributed by atoms with E-state index >= 15 is 0 Å². The van der Waals surface area contributed by atoms with Crippen molar-refractivity contribution in [3.05, 3.63) is 33.3 Å². The molecular weight excluding hydrogens is 270 g/mol. The highest BCUT2D eigenvalue weighted by Gasteiger charge is 2.12. The van der Waals surface area contributed by atoms with E-state index < -0.39 is 4.92 Å². The number of rotatable bonds is 6. The first-order chi connectivity index (χ1) is 8.90. The van der Waals surface area contributed by atoms with Crippen LogP contribution in [-0.4, -0.2) is 23.4 Å². The third kappa shape index (κ3) is 5.23. The van der Waals surface area contributed by atoms with E-state index in [1.165, 1.54) is 18.2 Å². The van der Waals surface area contributed by atoms with E-state index in [0.29, 0.717) is 24.7 Å². The molecule has 0 unspecified atom stereocenters. The van der Waals surface area contributed by atoms with Crippen LogP contribution in [0.1, 0.15) is 20.3 Å². The molecule has 1 rings (SSSR count). The maximum absolute atomic E-state index is 11.6. The Labute approximate surface area is 116 Å². The molecule has 1 aromatic rings. The fraction of sp³-hybridized carbons (Fsp3) is 0.417. The number of nitro groups is 1. The Hall–Kier alpha value is -1.66. The van der Waals surface area contributed by atoms with Crippen molar-refractivity contribution in [2.45, 2.75) is 26.3 Å². The van der Waals surface area contributed by atoms with Crippen LogP contribution >= 0.6 is 11.6 Å². The number of nitro benzene ring substituents is 1. The molecule has 0 radical (unpaired) electrons. The van der Waals surface area contributed by atoms with E-state index in [0.717, 1.165) is 0 Å². The summed E-state index contributed by atoms with van der Waals surface area (Å²) in [5.74, 6) is -0.168. The van der Waals surface area contributed by atoms with Crippen LogP contribution in [0.25, 0.3) is 0 Å². The summed E-state index contributed by atoms with van der Waals surface area (Å²) < 4.78 is 0. The smallest absolute Gasteiger partial charge is 0.288 e. The maximum atomic E-state index is 11.6. The lowest BCUT2D eigenvalue weighted by atomic mass is 10.2. The van der Waals surface area contributed by atoms with Gasteiger partial charge < -0.3 is 10.6 Å². The average molecular weight is 286 g/mol. The molecule has 2 N–H and O–H groups in total. The highest BCUT2D eigenvalue weighted by Crippen LogP contribution is 2.27. The molecule has 7 heteroatoms. The first-order valence-electron chi connectivity index (χ1n) is 5.87. The number of hydrogen-bond donors (Lipinski definition) is 2. The minimum absolute atomic E-state index is 0.00288. The average Bonchev–Trinajstić information content (AvgIpc) is 2.27. The number of amides is 1. The molecule has 0 saturated heterocycles. The predicted octanol–water partition coefficient (Wildman–Crippen LogP) is 2.57. The highest BCUT2D eigenvalue weighted by molar-refractivity contribution is 6.33. The number of hydrogen-bond acceptors (Lipinski definition) is 4. The molecule has 19 heavy (non-hydrogen) atoms. The summed E-state index contributed by atoms with van der Waals surface area (Å²) in [7, 11) is 0. The van der Waals surface area contributed by atoms with Crippen LogP contribution in [-0.2, 0) is 4.79 Å². The Morgan fingerprint density at radius 2 is 2.16 bits per heavy atom. The van der Waals surface area contributed by atoms with Gasteiger partial charge in [-0.1, -0.05) is 25.4 Å². The van der Waals surface area contributed by atoms with Gasteiger partial charge >= 0.3 is 0 Å². The van der Waals surface area contributed by atoms with Gasteiger partial charge in [0, 0.05) is 30.8 Å². The molecule has 0 fully saturated rings. The van der Waals surface area contributed by atoms with Crippen molar-refractivity contribution in [3.63, 3.8) is 0 Å². The van der Waals surface area contributed by atoms with E-state index in [1.54, 1.807) is 0 Å². The second-order valence-electron chi connectivity index (χ2n) is 4.33. The van der Waals surface area contributed by atoms with Gasteiger partial charge in [0.25, 0.3) is 5.69 Å². The molecule has 0 bridgehead atoms. The highest BCUT2D eigenvalue weighted by atomic mass is 35.5. The van der Waals surface area contributed by atoms with Crippen LogP contribution in [0.15, 0.2) is 18.2 Å². The number of carbonyl (C=O) groups is 1. The van der Waals surface area contributed by atoms with Crippen LogP contribution in [0.4, 0.5) is 11.4 Å². The lowest BCUT2D eigenvalue weighted by Gasteiger charge is -2.08. The Morgan fingerprint density at radius 1 is 1.47 bits per heavy atom. The standard InChI is InChI=1S/C12H16ClN3O3/c1-8(2)14-6-5-12(17)15-9-3-4-11(16(18)19)10(13)7-9/h3-4,7-8,14H,5-6H2,1-2H3,(H,15,17). The zero-order valence-electron chi connectivity index (χ0n) is 10.8. The van der Waals surface area contributed by atoms with E-state index in [2.05, 4.69) is 10.6 Å². The SMILES string of the molecule is CC(C)NCCC(=O)Nc1ccc([N+](=O)[O-])c(Cl)c1. The summed E-state index contributed by atoms with van der Waals surface area (Å²) in [6, 6.07) is 4.41. The lowest BCUT2D eigenvalue weighted by molar-refractivity contribution is -0.384. The molecule has 6 nitrogen and oxygen atoms in total. The van der Waals surface area contributed by atoms with Crippen molar-refractivity contribution < 1.29 is 9.72 Å². The molecule has 1 amide bonds. The first-order valence-corrected chi connectivity index (χ1v) is 6.25. The molecule has 0 aliphatic carbocycles. The van der Waals surface area contributed by atoms with Crippen molar-refractivity contribution in [2.24, 2.45) is 0 Å². The topological polar surface area (TPSA) is 84.3 Å². The number of nitrogens with one attached hydrogen (secondary N) is 2. The summed E-state index contributed by atoms with van der Waals surface area (Å²) in [6.07, 6.45) is 0.326. The molecule has 0 heterocycles. The predicted molar refractivity (Wildman–Crippen MR) is 74.5 cm³/mol. The van der Waals surface area contributed by atoms with Gasteiger partial charge in [-0.3, -0.25) is 14.9 Å². The Balaban J connectivity index is 2.55. The van der Waals surface area contributed by atoms with Gasteiger partial charge in [0.15, 0.2) is 0 Å². The molecule has 0 aliphatic rings. The maximum Gasteiger partial charge on any atom is 0.288 e. The quantitative estimate of drug-likeness (QED) is 0.621. The molecule has 0 aliphatic heterocycles. The van der Waals surface area contributed by atoms with Gasteiger partial charge in [-0.25, -0.2) is 0 Å². The molecule has 0 atom stereocenters. The van der Waals surface area contributed by atoms with Gasteiger partial charge in [-0.15, -0.1) is 0 Å². The zero-order valence-corrected chi connectivity index (χ0v) is 11.5. The Bertz CT molecular complexity index is 477. The van der Waals surface area contributed by atoms with Crippen molar-refractivity contribution in [2.75, 3.05) is 11.9 Å². The van der Waals surface area contributed by atoms with Crippen molar-refractivity contribution in [3.8, 4) is 0 Å². The third-order valence-electron chi connectivity index (χ3n) is 2.33. The van der Waals surface area contributed by atoms with E-state index in [-0.39, 0.29) is 16.6 Å². The second-order valence-corrected chi connectivity index (χ2v) is 4.74. The van der Waals surface area contributed by atoms with Crippen LogP contribution in [0.3, 0.4) is 0 Å². The van der Waals surface area contributed by atoms with Crippen LogP contribution in [0.5, 0.6) is 0 Å². The van der Waals surface area contributed by atoms with E-state index in [4.69, 9.17) is 11.6 Å². The minimum Gasteiger partial charge on any atom is -0.326 e. The molecule has 0 spiro atoms. The minimum atomic E-state index is -0.569. The molecule has 1 aromatic carbocycles. The summed E-state index contributed by atoms with van der Waals surface area (Å²) in [5, 5.41) is 16.3. The number of benzene rings is 1. The van der Waals surface area contributed by atoms with Gasteiger partial charge in [0.1, 0.15) is 5.02 Å². The van der Waals surface area contributed by atoms with Crippen LogP contribution in [0.2, 0.25) is 5.02 Å². The monoisotopic (exact) mass is 285 g/mol. The lowest BCUT2D eigenvalue weighted by Crippen LogP contribution is -2.27.